The average Bonchev–Trinajstić information content (AvgIpc) is 2.38. The Morgan fingerprint density at radius 2 is 1.80 bits per heavy atom. The number of esters is 1. The second-order valence-electron chi connectivity index (χ2n) is 5.02. The van der Waals surface area contributed by atoms with Gasteiger partial charge < -0.3 is 15.4 Å². The first-order chi connectivity index (χ1) is 9.65. The maximum absolute atomic E-state index is 12.1. The highest BCUT2D eigenvalue weighted by atomic mass is 32.2. The molecule has 1 aliphatic rings. The normalized spacial score (nSPS) is 18.0. The molecular formula is C14H26N2O3S. The van der Waals surface area contributed by atoms with Crippen LogP contribution >= 0.6 is 11.8 Å². The fourth-order valence-electron chi connectivity index (χ4n) is 2.18. The molecule has 5 nitrogen and oxygen atoms in total. The van der Waals surface area contributed by atoms with E-state index in [0.29, 0.717) is 18.1 Å². The van der Waals surface area contributed by atoms with Crippen molar-refractivity contribution in [1.82, 2.24) is 4.90 Å². The van der Waals surface area contributed by atoms with E-state index in [1.54, 1.807) is 6.92 Å². The topological polar surface area (TPSA) is 72.6 Å². The Hall–Kier alpha value is -0.750. The lowest BCUT2D eigenvalue weighted by atomic mass is 10.1. The molecule has 0 radical (unpaired) electrons. The summed E-state index contributed by atoms with van der Waals surface area (Å²) >= 11 is 1.41. The van der Waals surface area contributed by atoms with Crippen LogP contribution in [0.4, 0.5) is 0 Å². The molecule has 0 spiro atoms. The third kappa shape index (κ3) is 6.61. The number of ether oxygens (including phenoxy) is 1. The van der Waals surface area contributed by atoms with E-state index in [1.165, 1.54) is 31.0 Å². The first-order valence-corrected chi connectivity index (χ1v) is 8.58. The summed E-state index contributed by atoms with van der Waals surface area (Å²) in [5, 5.41) is 0. The number of nitrogens with zero attached hydrogens (tertiary/aromatic N) is 1. The van der Waals surface area contributed by atoms with E-state index in [2.05, 4.69) is 0 Å². The van der Waals surface area contributed by atoms with Crippen molar-refractivity contribution in [2.75, 3.05) is 31.2 Å². The van der Waals surface area contributed by atoms with Gasteiger partial charge in [0.2, 0.25) is 5.91 Å². The molecule has 1 aliphatic heterocycles. The molecule has 1 amide bonds. The summed E-state index contributed by atoms with van der Waals surface area (Å²) in [5.41, 5.74) is 5.69. The summed E-state index contributed by atoms with van der Waals surface area (Å²) in [6, 6.07) is -0.639. The Morgan fingerprint density at radius 3 is 2.40 bits per heavy atom. The zero-order chi connectivity index (χ0) is 14.8. The van der Waals surface area contributed by atoms with Gasteiger partial charge >= 0.3 is 5.97 Å². The van der Waals surface area contributed by atoms with Crippen molar-refractivity contribution in [2.24, 2.45) is 5.73 Å². The highest BCUT2D eigenvalue weighted by Crippen LogP contribution is 2.12. The smallest absolute Gasteiger partial charge is 0.323 e. The zero-order valence-corrected chi connectivity index (χ0v) is 13.1. The van der Waals surface area contributed by atoms with Crippen LogP contribution in [0.1, 0.15) is 39.0 Å². The van der Waals surface area contributed by atoms with Gasteiger partial charge in [-0.2, -0.15) is 0 Å². The van der Waals surface area contributed by atoms with E-state index < -0.39 is 12.0 Å². The van der Waals surface area contributed by atoms with Gasteiger partial charge in [-0.15, -0.1) is 11.8 Å². The van der Waals surface area contributed by atoms with E-state index in [9.17, 15) is 9.59 Å². The number of likely N-dealkylation sites (tertiary alicyclic amines) is 1. The van der Waals surface area contributed by atoms with Crippen LogP contribution in [0.5, 0.6) is 0 Å². The van der Waals surface area contributed by atoms with Crippen molar-refractivity contribution >= 4 is 23.6 Å². The van der Waals surface area contributed by atoms with Gasteiger partial charge in [-0.1, -0.05) is 19.3 Å². The van der Waals surface area contributed by atoms with Gasteiger partial charge in [0.05, 0.1) is 12.4 Å². The van der Waals surface area contributed by atoms with Gasteiger partial charge in [-0.25, -0.2) is 0 Å². The van der Waals surface area contributed by atoms with E-state index in [-0.39, 0.29) is 5.91 Å². The van der Waals surface area contributed by atoms with Crippen molar-refractivity contribution in [2.45, 2.75) is 45.1 Å². The number of hydrogen-bond acceptors (Lipinski definition) is 5. The van der Waals surface area contributed by atoms with Crippen LogP contribution in [0.2, 0.25) is 0 Å². The van der Waals surface area contributed by atoms with Gasteiger partial charge in [0.15, 0.2) is 0 Å². The minimum absolute atomic E-state index is 0.160. The van der Waals surface area contributed by atoms with Crippen molar-refractivity contribution in [3.63, 3.8) is 0 Å². The molecule has 0 aromatic rings. The van der Waals surface area contributed by atoms with Crippen LogP contribution in [0.3, 0.4) is 0 Å². The van der Waals surface area contributed by atoms with E-state index in [1.807, 2.05) is 4.90 Å². The third-order valence-electron chi connectivity index (χ3n) is 3.32. The van der Waals surface area contributed by atoms with E-state index >= 15 is 0 Å². The second kappa shape index (κ2) is 10.0. The number of amides is 1. The number of carbonyl (C=O) groups excluding carboxylic acids is 2. The van der Waals surface area contributed by atoms with Crippen LogP contribution in [0.25, 0.3) is 0 Å². The Balaban J connectivity index is 2.22. The Kier molecular flexibility index (Phi) is 8.69. The molecule has 0 aromatic carbocycles. The summed E-state index contributed by atoms with van der Waals surface area (Å²) < 4.78 is 4.84. The van der Waals surface area contributed by atoms with Crippen molar-refractivity contribution < 1.29 is 14.3 Å². The van der Waals surface area contributed by atoms with Crippen molar-refractivity contribution in [1.29, 1.82) is 0 Å². The largest absolute Gasteiger partial charge is 0.465 e. The van der Waals surface area contributed by atoms with Crippen molar-refractivity contribution in [3.05, 3.63) is 0 Å². The number of rotatable bonds is 6. The van der Waals surface area contributed by atoms with Crippen LogP contribution < -0.4 is 5.73 Å². The summed E-state index contributed by atoms with van der Waals surface area (Å²) in [6.45, 7) is 3.82. The molecule has 6 heteroatoms. The molecule has 1 saturated heterocycles. The number of thioether (sulfide) groups is 1. The predicted octanol–water partition coefficient (Wildman–Crippen LogP) is 1.40. The molecule has 116 valence electrons. The summed E-state index contributed by atoms with van der Waals surface area (Å²) in [5.74, 6) is 0.595. The molecule has 2 N–H and O–H groups in total. The first kappa shape index (κ1) is 17.3. The highest BCUT2D eigenvalue weighted by molar-refractivity contribution is 8.00. The Morgan fingerprint density at radius 1 is 1.20 bits per heavy atom. The van der Waals surface area contributed by atoms with Crippen molar-refractivity contribution in [3.8, 4) is 0 Å². The fourth-order valence-corrected chi connectivity index (χ4v) is 3.04. The second-order valence-corrected chi connectivity index (χ2v) is 6.05. The molecule has 20 heavy (non-hydrogen) atoms. The maximum atomic E-state index is 12.1. The summed E-state index contributed by atoms with van der Waals surface area (Å²) in [7, 11) is 0. The molecule has 1 rings (SSSR count). The van der Waals surface area contributed by atoms with Crippen LogP contribution in [-0.4, -0.2) is 54.0 Å². The minimum Gasteiger partial charge on any atom is -0.465 e. The molecule has 1 fully saturated rings. The van der Waals surface area contributed by atoms with Gasteiger partial charge in [0.1, 0.15) is 6.04 Å². The molecular weight excluding hydrogens is 276 g/mol. The standard InChI is InChI=1S/C14H26N2O3S/c1-2-19-14(18)12(15)10-20-11-13(17)16-8-6-4-3-5-7-9-16/h12H,2-11,15H2,1H3. The SMILES string of the molecule is CCOC(=O)C(N)CSCC(=O)N1CCCCCCC1. The molecule has 1 heterocycles. The summed E-state index contributed by atoms with van der Waals surface area (Å²) in [4.78, 5) is 25.4. The van der Waals surface area contributed by atoms with Crippen LogP contribution in [0.15, 0.2) is 0 Å². The Labute approximate surface area is 125 Å². The predicted molar refractivity (Wildman–Crippen MR) is 81.6 cm³/mol. The number of carbonyl (C=O) groups is 2. The van der Waals surface area contributed by atoms with E-state index in [4.69, 9.17) is 10.5 Å². The zero-order valence-electron chi connectivity index (χ0n) is 12.3. The quantitative estimate of drug-likeness (QED) is 0.751. The van der Waals surface area contributed by atoms with E-state index in [0.717, 1.165) is 25.9 Å². The van der Waals surface area contributed by atoms with Crippen LogP contribution in [0, 0.1) is 0 Å². The Bertz CT molecular complexity index is 305. The molecule has 0 aromatic heterocycles. The van der Waals surface area contributed by atoms with Gasteiger partial charge in [-0.3, -0.25) is 9.59 Å². The lowest BCUT2D eigenvalue weighted by Gasteiger charge is -2.24. The summed E-state index contributed by atoms with van der Waals surface area (Å²) in [6.07, 6.45) is 5.90. The number of nitrogens with two attached hydrogens (primary N) is 1. The fraction of sp³-hybridized carbons (Fsp3) is 0.857. The van der Waals surface area contributed by atoms with Gasteiger partial charge in [0.25, 0.3) is 0 Å². The monoisotopic (exact) mass is 302 g/mol. The van der Waals surface area contributed by atoms with Gasteiger partial charge in [-0.05, 0) is 19.8 Å². The third-order valence-corrected chi connectivity index (χ3v) is 4.37. The molecule has 1 unspecified atom stereocenters. The molecule has 0 bridgehead atoms. The lowest BCUT2D eigenvalue weighted by Crippen LogP contribution is -2.37. The van der Waals surface area contributed by atoms with Crippen LogP contribution in [-0.2, 0) is 14.3 Å². The lowest BCUT2D eigenvalue weighted by molar-refractivity contribution is -0.144. The van der Waals surface area contributed by atoms with Gasteiger partial charge in [0, 0.05) is 18.8 Å². The maximum Gasteiger partial charge on any atom is 0.323 e. The number of hydrogen-bond donors (Lipinski definition) is 1. The molecule has 0 saturated carbocycles. The first-order valence-electron chi connectivity index (χ1n) is 7.43. The molecule has 1 atom stereocenters. The molecule has 0 aliphatic carbocycles. The highest BCUT2D eigenvalue weighted by Gasteiger charge is 2.18. The minimum atomic E-state index is -0.639. The average molecular weight is 302 g/mol.